The van der Waals surface area contributed by atoms with Crippen molar-refractivity contribution >= 4 is 7.85 Å². The van der Waals surface area contributed by atoms with E-state index < -0.39 is 0 Å². The molecule has 1 aliphatic rings. The van der Waals surface area contributed by atoms with Crippen LogP contribution in [-0.4, -0.2) is 7.85 Å². The molecule has 0 aromatic rings. The average Bonchev–Trinajstić information content (AvgIpc) is 1.95. The molecule has 1 unspecified atom stereocenters. The summed E-state index contributed by atoms with van der Waals surface area (Å²) in [5, 5.41) is 0. The van der Waals surface area contributed by atoms with Crippen LogP contribution in [0.5, 0.6) is 0 Å². The van der Waals surface area contributed by atoms with E-state index in [0.717, 1.165) is 5.92 Å². The van der Waals surface area contributed by atoms with E-state index in [-0.39, 0.29) is 0 Å². The number of rotatable bonds is 1. The van der Waals surface area contributed by atoms with Gasteiger partial charge < -0.3 is 0 Å². The van der Waals surface area contributed by atoms with E-state index in [1.807, 2.05) is 0 Å². The van der Waals surface area contributed by atoms with Crippen molar-refractivity contribution < 1.29 is 0 Å². The number of allylic oxidation sites excluding steroid dienone is 2. The summed E-state index contributed by atoms with van der Waals surface area (Å²) in [7, 11) is 2.29. The fraction of sp³-hybridized carbons (Fsp3) is 0.778. The molecule has 0 fully saturated rings. The monoisotopic (exact) mass is 136 g/mol. The van der Waals surface area contributed by atoms with Crippen molar-refractivity contribution in [1.29, 1.82) is 0 Å². The van der Waals surface area contributed by atoms with E-state index in [1.165, 1.54) is 25.7 Å². The van der Waals surface area contributed by atoms with E-state index in [4.69, 9.17) is 0 Å². The van der Waals surface area contributed by atoms with Crippen molar-refractivity contribution in [2.24, 2.45) is 5.92 Å². The van der Waals surface area contributed by atoms with Crippen LogP contribution in [0.25, 0.3) is 0 Å². The first-order valence-electron chi connectivity index (χ1n) is 4.39. The molecule has 0 saturated heterocycles. The fourth-order valence-corrected chi connectivity index (χ4v) is 1.69. The van der Waals surface area contributed by atoms with Gasteiger partial charge in [0.05, 0.1) is 0 Å². The van der Waals surface area contributed by atoms with Crippen LogP contribution in [0.2, 0.25) is 0 Å². The minimum Gasteiger partial charge on any atom is -0.111 e. The predicted octanol–water partition coefficient (Wildman–Crippen LogP) is 2.10. The van der Waals surface area contributed by atoms with Gasteiger partial charge in [0, 0.05) is 0 Å². The van der Waals surface area contributed by atoms with E-state index in [0.29, 0.717) is 0 Å². The van der Waals surface area contributed by atoms with Gasteiger partial charge in [-0.25, -0.2) is 0 Å². The van der Waals surface area contributed by atoms with Gasteiger partial charge in [0.15, 0.2) is 0 Å². The van der Waals surface area contributed by atoms with Crippen LogP contribution in [0.3, 0.4) is 0 Å². The zero-order chi connectivity index (χ0) is 7.56. The van der Waals surface area contributed by atoms with Gasteiger partial charge >= 0.3 is 0 Å². The molecule has 1 atom stereocenters. The second-order valence-electron chi connectivity index (χ2n) is 3.58. The summed E-state index contributed by atoms with van der Waals surface area (Å²) in [4.78, 5) is 0. The van der Waals surface area contributed by atoms with Crippen LogP contribution in [-0.2, 0) is 0 Å². The van der Waals surface area contributed by atoms with Crippen molar-refractivity contribution in [1.82, 2.24) is 0 Å². The van der Waals surface area contributed by atoms with Gasteiger partial charge in [-0.15, -0.1) is 5.47 Å². The first kappa shape index (κ1) is 7.91. The topological polar surface area (TPSA) is 0 Å². The SMILES string of the molecule is BC1=C(C)CCC(CC)C1. The Morgan fingerprint density at radius 1 is 1.60 bits per heavy atom. The second kappa shape index (κ2) is 3.27. The van der Waals surface area contributed by atoms with Crippen LogP contribution in [0.1, 0.15) is 39.5 Å². The third-order valence-electron chi connectivity index (χ3n) is 2.83. The largest absolute Gasteiger partial charge is 0.133 e. The summed E-state index contributed by atoms with van der Waals surface area (Å²) >= 11 is 0. The maximum absolute atomic E-state index is 2.30. The summed E-state index contributed by atoms with van der Waals surface area (Å²) in [5.74, 6) is 0.990. The molecule has 0 aromatic heterocycles. The Balaban J connectivity index is 2.54. The van der Waals surface area contributed by atoms with Gasteiger partial charge in [0.2, 0.25) is 0 Å². The molecular formula is C9H17B. The lowest BCUT2D eigenvalue weighted by molar-refractivity contribution is 0.451. The summed E-state index contributed by atoms with van der Waals surface area (Å²) in [6.07, 6.45) is 5.51. The Morgan fingerprint density at radius 2 is 2.30 bits per heavy atom. The Kier molecular flexibility index (Phi) is 2.59. The third-order valence-corrected chi connectivity index (χ3v) is 2.83. The van der Waals surface area contributed by atoms with Gasteiger partial charge in [-0.05, 0) is 32.1 Å². The first-order chi connectivity index (χ1) is 4.74. The second-order valence-corrected chi connectivity index (χ2v) is 3.58. The Morgan fingerprint density at radius 3 is 2.80 bits per heavy atom. The molecule has 0 nitrogen and oxygen atoms in total. The maximum Gasteiger partial charge on any atom is 0.133 e. The normalized spacial score (nSPS) is 27.2. The van der Waals surface area contributed by atoms with E-state index in [9.17, 15) is 0 Å². The van der Waals surface area contributed by atoms with Crippen molar-refractivity contribution in [3.05, 3.63) is 11.0 Å². The van der Waals surface area contributed by atoms with Crippen molar-refractivity contribution in [2.45, 2.75) is 39.5 Å². The molecule has 0 radical (unpaired) electrons. The Hall–Kier alpha value is -0.195. The molecule has 1 aliphatic carbocycles. The van der Waals surface area contributed by atoms with Crippen LogP contribution in [0.4, 0.5) is 0 Å². The van der Waals surface area contributed by atoms with Crippen LogP contribution >= 0.6 is 0 Å². The van der Waals surface area contributed by atoms with Crippen molar-refractivity contribution in [3.8, 4) is 0 Å². The molecule has 10 heavy (non-hydrogen) atoms. The van der Waals surface area contributed by atoms with Crippen LogP contribution in [0, 0.1) is 5.92 Å². The predicted molar refractivity (Wildman–Crippen MR) is 48.9 cm³/mol. The molecular weight excluding hydrogens is 119 g/mol. The van der Waals surface area contributed by atoms with Crippen molar-refractivity contribution in [3.63, 3.8) is 0 Å². The summed E-state index contributed by atoms with van der Waals surface area (Å²) in [5.41, 5.74) is 3.29. The summed E-state index contributed by atoms with van der Waals surface area (Å²) < 4.78 is 0. The lowest BCUT2D eigenvalue weighted by atomic mass is 9.75. The molecule has 0 aromatic carbocycles. The number of hydrogen-bond donors (Lipinski definition) is 0. The van der Waals surface area contributed by atoms with Crippen LogP contribution in [0.15, 0.2) is 11.0 Å². The standard InChI is InChI=1S/C9H17B/c1-3-8-5-4-7(2)9(10)6-8/h8H,3-6,10H2,1-2H3. The highest BCUT2D eigenvalue weighted by Crippen LogP contribution is 2.28. The molecule has 0 saturated carbocycles. The minimum atomic E-state index is 0.990. The molecule has 0 bridgehead atoms. The summed E-state index contributed by atoms with van der Waals surface area (Å²) in [6.45, 7) is 4.58. The first-order valence-corrected chi connectivity index (χ1v) is 4.39. The highest BCUT2D eigenvalue weighted by Gasteiger charge is 2.13. The zero-order valence-electron chi connectivity index (χ0n) is 7.41. The molecule has 56 valence electrons. The average molecular weight is 136 g/mol. The molecule has 1 heteroatoms. The Labute approximate surface area is 65.1 Å². The minimum absolute atomic E-state index is 0.990. The molecule has 0 heterocycles. The van der Waals surface area contributed by atoms with Gasteiger partial charge in [0.1, 0.15) is 7.85 Å². The molecule has 0 aliphatic heterocycles. The molecule has 0 amide bonds. The maximum atomic E-state index is 2.30. The van der Waals surface area contributed by atoms with E-state index >= 15 is 0 Å². The molecule has 0 spiro atoms. The molecule has 0 N–H and O–H groups in total. The van der Waals surface area contributed by atoms with Gasteiger partial charge in [-0.1, -0.05) is 18.9 Å². The van der Waals surface area contributed by atoms with Crippen molar-refractivity contribution in [2.75, 3.05) is 0 Å². The Bertz CT molecular complexity index is 147. The highest BCUT2D eigenvalue weighted by molar-refractivity contribution is 6.22. The third kappa shape index (κ3) is 1.65. The quantitative estimate of drug-likeness (QED) is 0.484. The zero-order valence-corrected chi connectivity index (χ0v) is 7.41. The fourth-order valence-electron chi connectivity index (χ4n) is 1.69. The van der Waals surface area contributed by atoms with Gasteiger partial charge in [-0.3, -0.25) is 0 Å². The molecule has 1 rings (SSSR count). The summed E-state index contributed by atoms with van der Waals surface area (Å²) in [6, 6.07) is 0. The van der Waals surface area contributed by atoms with E-state index in [1.54, 1.807) is 11.0 Å². The van der Waals surface area contributed by atoms with Gasteiger partial charge in [-0.2, -0.15) is 0 Å². The van der Waals surface area contributed by atoms with E-state index in [2.05, 4.69) is 21.7 Å². The van der Waals surface area contributed by atoms with Crippen LogP contribution < -0.4 is 0 Å². The number of hydrogen-bond acceptors (Lipinski definition) is 0. The smallest absolute Gasteiger partial charge is 0.111 e. The lowest BCUT2D eigenvalue weighted by Crippen LogP contribution is -2.08. The lowest BCUT2D eigenvalue weighted by Gasteiger charge is -2.22. The highest BCUT2D eigenvalue weighted by atomic mass is 14.2. The van der Waals surface area contributed by atoms with Gasteiger partial charge in [0.25, 0.3) is 0 Å².